The first-order valence-electron chi connectivity index (χ1n) is 10.2. The number of ether oxygens (including phenoxy) is 3. The summed E-state index contributed by atoms with van der Waals surface area (Å²) in [6.45, 7) is 2.25. The van der Waals surface area contributed by atoms with E-state index in [-0.39, 0.29) is 49.1 Å². The maximum absolute atomic E-state index is 13.5. The molecule has 1 aromatic heterocycles. The van der Waals surface area contributed by atoms with Crippen LogP contribution in [0.15, 0.2) is 24.3 Å². The number of benzene rings is 1. The third-order valence-electron chi connectivity index (χ3n) is 7.89. The predicted molar refractivity (Wildman–Crippen MR) is 103 cm³/mol. The highest BCUT2D eigenvalue weighted by Gasteiger charge is 2.80. The fraction of sp³-hybridized carbons (Fsp3) is 0.545. The van der Waals surface area contributed by atoms with E-state index >= 15 is 0 Å². The second-order valence-corrected chi connectivity index (χ2v) is 8.90. The quantitative estimate of drug-likeness (QED) is 0.586. The van der Waals surface area contributed by atoms with Gasteiger partial charge in [0.05, 0.1) is 25.5 Å². The number of Topliss-reactive ketones (excluding diaryl/α,β-unsaturated/α-hetero) is 1. The molecular formula is C22H24N2O5. The van der Waals surface area contributed by atoms with Crippen molar-refractivity contribution in [2.24, 2.45) is 11.3 Å². The number of ketones is 1. The van der Waals surface area contributed by atoms with Crippen molar-refractivity contribution in [2.45, 2.75) is 43.7 Å². The number of hydrogen-bond acceptors (Lipinski definition) is 6. The molecule has 0 radical (unpaired) electrons. The van der Waals surface area contributed by atoms with Crippen molar-refractivity contribution in [2.75, 3.05) is 20.8 Å². The molecule has 4 fully saturated rings. The summed E-state index contributed by atoms with van der Waals surface area (Å²) in [4.78, 5) is 32.3. The molecule has 4 aliphatic heterocycles. The third-order valence-corrected chi connectivity index (χ3v) is 7.89. The van der Waals surface area contributed by atoms with Crippen LogP contribution in [0.5, 0.6) is 0 Å². The second-order valence-electron chi connectivity index (χ2n) is 8.90. The zero-order chi connectivity index (χ0) is 20.1. The van der Waals surface area contributed by atoms with Gasteiger partial charge in [-0.05, 0) is 32.0 Å². The van der Waals surface area contributed by atoms with Gasteiger partial charge in [0.1, 0.15) is 17.2 Å². The molecule has 0 amide bonds. The van der Waals surface area contributed by atoms with Gasteiger partial charge in [0.15, 0.2) is 5.78 Å². The molecule has 7 heteroatoms. The molecule has 1 aromatic carbocycles. The Morgan fingerprint density at radius 1 is 1.31 bits per heavy atom. The highest BCUT2D eigenvalue weighted by molar-refractivity contribution is 6.03. The number of H-pyrrole nitrogens is 1. The first-order valence-corrected chi connectivity index (χ1v) is 10.2. The van der Waals surface area contributed by atoms with E-state index in [9.17, 15) is 9.59 Å². The van der Waals surface area contributed by atoms with Crippen LogP contribution in [0, 0.1) is 11.3 Å². The fourth-order valence-corrected chi connectivity index (χ4v) is 6.54. The molecule has 1 spiro atoms. The van der Waals surface area contributed by atoms with E-state index in [1.807, 2.05) is 38.2 Å². The molecule has 6 atom stereocenters. The molecule has 1 aliphatic carbocycles. The van der Waals surface area contributed by atoms with Crippen LogP contribution in [0.4, 0.5) is 0 Å². The lowest BCUT2D eigenvalue weighted by Crippen LogP contribution is -2.77. The van der Waals surface area contributed by atoms with Gasteiger partial charge in [0.25, 0.3) is 0 Å². The average molecular weight is 396 g/mol. The first-order chi connectivity index (χ1) is 13.9. The number of epoxide rings is 1. The number of carbonyl (C=O) groups excluding carboxylic acids is 2. The van der Waals surface area contributed by atoms with Crippen molar-refractivity contribution >= 4 is 22.7 Å². The average Bonchev–Trinajstić information content (AvgIpc) is 3.22. The lowest BCUT2D eigenvalue weighted by atomic mass is 9.55. The summed E-state index contributed by atoms with van der Waals surface area (Å²) in [5, 5.41) is 1.04. The van der Waals surface area contributed by atoms with Crippen LogP contribution >= 0.6 is 0 Å². The molecule has 7 nitrogen and oxygen atoms in total. The van der Waals surface area contributed by atoms with Gasteiger partial charge in [-0.15, -0.1) is 0 Å². The third kappa shape index (κ3) is 1.89. The van der Waals surface area contributed by atoms with Gasteiger partial charge in [-0.1, -0.05) is 18.2 Å². The number of hydrogen-bond donors (Lipinski definition) is 1. The maximum atomic E-state index is 13.5. The molecule has 0 unspecified atom stereocenters. The number of para-hydroxylation sites is 1. The van der Waals surface area contributed by atoms with Gasteiger partial charge in [-0.25, -0.2) is 0 Å². The molecule has 152 valence electrons. The highest BCUT2D eigenvalue weighted by atomic mass is 16.7. The number of rotatable bonds is 1. The predicted octanol–water partition coefficient (Wildman–Crippen LogP) is 1.90. The van der Waals surface area contributed by atoms with Crippen LogP contribution in [0.3, 0.4) is 0 Å². The molecule has 1 N–H and O–H groups in total. The van der Waals surface area contributed by atoms with E-state index in [4.69, 9.17) is 14.2 Å². The maximum Gasteiger partial charge on any atom is 0.316 e. The number of nitrogens with one attached hydrogen (secondary N) is 1. The summed E-state index contributed by atoms with van der Waals surface area (Å²) >= 11 is 0. The molecule has 4 bridgehead atoms. The van der Waals surface area contributed by atoms with Crippen molar-refractivity contribution in [1.82, 2.24) is 9.88 Å². The second kappa shape index (κ2) is 5.47. The van der Waals surface area contributed by atoms with Gasteiger partial charge in [-0.2, -0.15) is 0 Å². The van der Waals surface area contributed by atoms with Crippen LogP contribution in [-0.2, 0) is 25.4 Å². The Balaban J connectivity index is 1.61. The minimum atomic E-state index is -0.936. The van der Waals surface area contributed by atoms with Gasteiger partial charge in [0.2, 0.25) is 0 Å². The number of piperidine rings is 1. The zero-order valence-corrected chi connectivity index (χ0v) is 16.7. The number of methoxy groups -OCH3 is 1. The lowest BCUT2D eigenvalue weighted by molar-refractivity contribution is -0.281. The molecule has 29 heavy (non-hydrogen) atoms. The number of carbonyl (C=O) groups is 2. The number of aromatic amines is 1. The normalized spacial score (nSPS) is 40.6. The molecule has 7 rings (SSSR count). The summed E-state index contributed by atoms with van der Waals surface area (Å²) < 4.78 is 17.6. The van der Waals surface area contributed by atoms with Crippen molar-refractivity contribution in [3.8, 4) is 0 Å². The van der Waals surface area contributed by atoms with Crippen LogP contribution in [0.25, 0.3) is 10.9 Å². The van der Waals surface area contributed by atoms with E-state index < -0.39 is 11.0 Å². The van der Waals surface area contributed by atoms with Crippen LogP contribution < -0.4 is 0 Å². The Morgan fingerprint density at radius 3 is 2.79 bits per heavy atom. The van der Waals surface area contributed by atoms with Gasteiger partial charge >= 0.3 is 5.97 Å². The topological polar surface area (TPSA) is 84.2 Å². The molecular weight excluding hydrogens is 372 g/mol. The lowest BCUT2D eigenvalue weighted by Gasteiger charge is -2.62. The zero-order valence-electron chi connectivity index (χ0n) is 16.7. The molecule has 5 aliphatic rings. The van der Waals surface area contributed by atoms with Crippen LogP contribution in [0.2, 0.25) is 0 Å². The minimum Gasteiger partial charge on any atom is -0.468 e. The summed E-state index contributed by atoms with van der Waals surface area (Å²) in [7, 11) is 3.41. The standard InChI is InChI=1S/C22H24N2O5/c1-11-22(29-11)16-9-15(25)18-13(12-6-4-5-7-14(12)23-18)8-17-21(16,20(26)27-3)10-28-19(22)24(17)2/h4-7,11,16-17,19,23H,8-10H2,1-3H3/t11-,16+,17-,19-,21-,22-/m0/s1. The first kappa shape index (κ1) is 17.6. The van der Waals surface area contributed by atoms with E-state index in [1.165, 1.54) is 7.11 Å². The SMILES string of the molecule is COC(=O)[C@]12CO[C@@H]3N(C)[C@H]1Cc1c([nH]c4ccccc14)C(=O)C[C@H]2[C@]31O[C@H]1C. The molecule has 2 aromatic rings. The number of nitrogens with zero attached hydrogens (tertiary/aromatic N) is 1. The van der Waals surface area contributed by atoms with Crippen molar-refractivity contribution in [1.29, 1.82) is 0 Å². The highest BCUT2D eigenvalue weighted by Crippen LogP contribution is 2.64. The molecule has 4 saturated heterocycles. The molecule has 0 saturated carbocycles. The monoisotopic (exact) mass is 396 g/mol. The Morgan fingerprint density at radius 2 is 2.07 bits per heavy atom. The number of aromatic nitrogens is 1. The number of esters is 1. The summed E-state index contributed by atoms with van der Waals surface area (Å²) in [5.74, 6) is -0.555. The van der Waals surface area contributed by atoms with Crippen LogP contribution in [-0.4, -0.2) is 66.4 Å². The van der Waals surface area contributed by atoms with Crippen molar-refractivity contribution < 1.29 is 23.8 Å². The van der Waals surface area contributed by atoms with Crippen molar-refractivity contribution in [3.63, 3.8) is 0 Å². The van der Waals surface area contributed by atoms with Gasteiger partial charge in [-0.3, -0.25) is 14.5 Å². The van der Waals surface area contributed by atoms with E-state index in [1.54, 1.807) is 0 Å². The van der Waals surface area contributed by atoms with E-state index in [0.29, 0.717) is 12.1 Å². The molecule has 5 heterocycles. The summed E-state index contributed by atoms with van der Waals surface area (Å²) in [6.07, 6.45) is 0.485. The summed E-state index contributed by atoms with van der Waals surface area (Å²) in [6, 6.07) is 7.83. The Kier molecular flexibility index (Phi) is 3.33. The smallest absolute Gasteiger partial charge is 0.316 e. The Bertz CT molecular complexity index is 1060. The Hall–Kier alpha value is -2.22. The number of fused-ring (bicyclic) bond motifs is 4. The van der Waals surface area contributed by atoms with Crippen LogP contribution in [0.1, 0.15) is 29.4 Å². The van der Waals surface area contributed by atoms with E-state index in [2.05, 4.69) is 9.88 Å². The largest absolute Gasteiger partial charge is 0.468 e. The van der Waals surface area contributed by atoms with Crippen molar-refractivity contribution in [3.05, 3.63) is 35.5 Å². The van der Waals surface area contributed by atoms with E-state index in [0.717, 1.165) is 16.5 Å². The van der Waals surface area contributed by atoms with Gasteiger partial charge < -0.3 is 19.2 Å². The minimum absolute atomic E-state index is 0.0280. The number of likely N-dealkylation sites (N-methyl/N-ethyl adjacent to an activating group) is 1. The van der Waals surface area contributed by atoms with Gasteiger partial charge in [0, 0.05) is 29.3 Å². The Labute approximate surface area is 168 Å². The fourth-order valence-electron chi connectivity index (χ4n) is 6.54. The summed E-state index contributed by atoms with van der Waals surface area (Å²) in [5.41, 5.74) is 1.02.